The highest BCUT2D eigenvalue weighted by atomic mass is 16.7. The number of hydrogen-bond acceptors (Lipinski definition) is 6. The Hall–Kier alpha value is -0.690. The third-order valence-corrected chi connectivity index (χ3v) is 2.61. The van der Waals surface area contributed by atoms with E-state index in [1.54, 1.807) is 0 Å². The average molecular weight is 218 g/mol. The minimum atomic E-state index is -0.571. The number of carbonyl (C=O) groups excluding carboxylic acids is 1. The molecule has 4 unspecified atom stereocenters. The van der Waals surface area contributed by atoms with Crippen molar-refractivity contribution in [1.29, 1.82) is 0 Å². The first-order valence-corrected chi connectivity index (χ1v) is 4.84. The van der Waals surface area contributed by atoms with Crippen molar-refractivity contribution in [3.05, 3.63) is 0 Å². The lowest BCUT2D eigenvalue weighted by Crippen LogP contribution is -2.56. The molecule has 0 radical (unpaired) electrons. The van der Waals surface area contributed by atoms with Crippen molar-refractivity contribution in [3.8, 4) is 0 Å². The summed E-state index contributed by atoms with van der Waals surface area (Å²) in [4.78, 5) is 11.0. The number of methoxy groups -OCH3 is 1. The molecule has 2 fully saturated rings. The molecule has 15 heavy (non-hydrogen) atoms. The molecule has 0 amide bonds. The van der Waals surface area contributed by atoms with E-state index in [9.17, 15) is 4.79 Å². The van der Waals surface area contributed by atoms with E-state index in [0.717, 1.165) is 0 Å². The van der Waals surface area contributed by atoms with E-state index in [1.807, 2.05) is 0 Å². The van der Waals surface area contributed by atoms with Crippen LogP contribution in [-0.4, -0.2) is 56.0 Å². The van der Waals surface area contributed by atoms with Crippen LogP contribution in [0.1, 0.15) is 6.42 Å². The molecule has 0 aromatic heterocycles. The van der Waals surface area contributed by atoms with Gasteiger partial charge in [-0.25, -0.2) is 4.79 Å². The van der Waals surface area contributed by atoms with E-state index in [2.05, 4.69) is 0 Å². The predicted octanol–water partition coefficient (Wildman–Crippen LogP) is -0.949. The summed E-state index contributed by atoms with van der Waals surface area (Å²) in [6, 6.07) is 0. The lowest BCUT2D eigenvalue weighted by Gasteiger charge is -2.41. The number of aliphatic hydroxyl groups excluding tert-OH is 1. The zero-order chi connectivity index (χ0) is 10.8. The highest BCUT2D eigenvalue weighted by Gasteiger charge is 2.44. The Morgan fingerprint density at radius 3 is 3.07 bits per heavy atom. The fourth-order valence-corrected chi connectivity index (χ4v) is 1.87. The Bertz CT molecular complexity index is 235. The van der Waals surface area contributed by atoms with Crippen molar-refractivity contribution < 1.29 is 28.8 Å². The zero-order valence-electron chi connectivity index (χ0n) is 8.42. The molecule has 6 heteroatoms. The molecule has 2 saturated heterocycles. The van der Waals surface area contributed by atoms with Gasteiger partial charge < -0.3 is 24.1 Å². The molecule has 0 aromatic rings. The fraction of sp³-hybridized carbons (Fsp3) is 0.889. The van der Waals surface area contributed by atoms with Gasteiger partial charge in [-0.1, -0.05) is 0 Å². The van der Waals surface area contributed by atoms with Crippen LogP contribution in [0.15, 0.2) is 0 Å². The van der Waals surface area contributed by atoms with E-state index in [1.165, 1.54) is 7.11 Å². The Morgan fingerprint density at radius 2 is 2.40 bits per heavy atom. The standard InChI is InChI=1S/C9H14O6/c1-12-8-2-5-9(6(3-10)14-8)15-7(11)4-13-5/h5-6,8-10H,2-4H2,1H3. The van der Waals surface area contributed by atoms with E-state index < -0.39 is 24.5 Å². The maximum atomic E-state index is 11.0. The maximum Gasteiger partial charge on any atom is 0.332 e. The molecule has 2 heterocycles. The largest absolute Gasteiger partial charge is 0.455 e. The van der Waals surface area contributed by atoms with Crippen LogP contribution in [0, 0.1) is 0 Å². The first-order valence-electron chi connectivity index (χ1n) is 4.84. The van der Waals surface area contributed by atoms with Gasteiger partial charge in [-0.15, -0.1) is 0 Å². The van der Waals surface area contributed by atoms with Crippen molar-refractivity contribution in [2.75, 3.05) is 20.3 Å². The molecule has 0 aromatic carbocycles. The van der Waals surface area contributed by atoms with Crippen LogP contribution in [-0.2, 0) is 23.7 Å². The minimum absolute atomic E-state index is 0.0459. The molecule has 86 valence electrons. The molecule has 2 rings (SSSR count). The molecule has 4 atom stereocenters. The van der Waals surface area contributed by atoms with Gasteiger partial charge >= 0.3 is 5.97 Å². The van der Waals surface area contributed by atoms with Gasteiger partial charge in [0.2, 0.25) is 0 Å². The lowest BCUT2D eigenvalue weighted by atomic mass is 10.0. The van der Waals surface area contributed by atoms with Crippen LogP contribution in [0.25, 0.3) is 0 Å². The van der Waals surface area contributed by atoms with Gasteiger partial charge in [-0.3, -0.25) is 0 Å². The second-order valence-electron chi connectivity index (χ2n) is 3.56. The maximum absolute atomic E-state index is 11.0. The fourth-order valence-electron chi connectivity index (χ4n) is 1.87. The molecule has 1 N–H and O–H groups in total. The van der Waals surface area contributed by atoms with Gasteiger partial charge in [-0.05, 0) is 0 Å². The van der Waals surface area contributed by atoms with Crippen LogP contribution >= 0.6 is 0 Å². The molecule has 2 aliphatic rings. The third-order valence-electron chi connectivity index (χ3n) is 2.61. The second-order valence-corrected chi connectivity index (χ2v) is 3.56. The topological polar surface area (TPSA) is 74.2 Å². The van der Waals surface area contributed by atoms with Gasteiger partial charge in [-0.2, -0.15) is 0 Å². The van der Waals surface area contributed by atoms with E-state index in [-0.39, 0.29) is 19.3 Å². The van der Waals surface area contributed by atoms with E-state index >= 15 is 0 Å². The molecule has 6 nitrogen and oxygen atoms in total. The van der Waals surface area contributed by atoms with Crippen LogP contribution in [0.3, 0.4) is 0 Å². The Balaban J connectivity index is 2.06. The number of hydrogen-bond donors (Lipinski definition) is 1. The summed E-state index contributed by atoms with van der Waals surface area (Å²) in [6.07, 6.45) is -1.26. The second kappa shape index (κ2) is 4.44. The molecular weight excluding hydrogens is 204 g/mol. The van der Waals surface area contributed by atoms with Crippen molar-refractivity contribution in [2.24, 2.45) is 0 Å². The monoisotopic (exact) mass is 218 g/mol. The van der Waals surface area contributed by atoms with Crippen molar-refractivity contribution in [1.82, 2.24) is 0 Å². The van der Waals surface area contributed by atoms with Crippen molar-refractivity contribution in [2.45, 2.75) is 31.0 Å². The first kappa shape index (κ1) is 10.8. The van der Waals surface area contributed by atoms with Gasteiger partial charge in [0.25, 0.3) is 0 Å². The van der Waals surface area contributed by atoms with E-state index in [4.69, 9.17) is 24.1 Å². The number of rotatable bonds is 2. The quantitative estimate of drug-likeness (QED) is 0.602. The number of fused-ring (bicyclic) bond motifs is 1. The molecule has 2 aliphatic heterocycles. The molecule has 0 saturated carbocycles. The van der Waals surface area contributed by atoms with Crippen LogP contribution in [0.2, 0.25) is 0 Å². The Labute approximate surface area is 87.1 Å². The Kier molecular flexibility index (Phi) is 3.20. The van der Waals surface area contributed by atoms with Gasteiger partial charge in [0.05, 0.1) is 6.61 Å². The van der Waals surface area contributed by atoms with Crippen molar-refractivity contribution >= 4 is 5.97 Å². The summed E-state index contributed by atoms with van der Waals surface area (Å²) in [5.74, 6) is -0.422. The predicted molar refractivity (Wildman–Crippen MR) is 47.0 cm³/mol. The summed E-state index contributed by atoms with van der Waals surface area (Å²) >= 11 is 0. The average Bonchev–Trinajstić information content (AvgIpc) is 2.27. The molecule has 0 spiro atoms. The SMILES string of the molecule is COC1CC2OCC(=O)OC2C(CO)O1. The zero-order valence-corrected chi connectivity index (χ0v) is 8.42. The molecular formula is C9H14O6. The minimum Gasteiger partial charge on any atom is -0.455 e. The summed E-state index contributed by atoms with van der Waals surface area (Å²) in [5.41, 5.74) is 0. The highest BCUT2D eigenvalue weighted by molar-refractivity contribution is 5.71. The van der Waals surface area contributed by atoms with Gasteiger partial charge in [0.15, 0.2) is 12.4 Å². The van der Waals surface area contributed by atoms with Gasteiger partial charge in [0.1, 0.15) is 18.8 Å². The number of carbonyl (C=O) groups is 1. The number of ether oxygens (including phenoxy) is 4. The van der Waals surface area contributed by atoms with Crippen LogP contribution in [0.5, 0.6) is 0 Å². The number of aliphatic hydroxyl groups is 1. The first-order chi connectivity index (χ1) is 7.24. The number of esters is 1. The summed E-state index contributed by atoms with van der Waals surface area (Å²) in [5, 5.41) is 9.10. The van der Waals surface area contributed by atoms with Crippen LogP contribution < -0.4 is 0 Å². The smallest absolute Gasteiger partial charge is 0.332 e. The van der Waals surface area contributed by atoms with E-state index in [0.29, 0.717) is 6.42 Å². The highest BCUT2D eigenvalue weighted by Crippen LogP contribution is 2.27. The summed E-state index contributed by atoms with van der Waals surface area (Å²) in [6.45, 7) is -0.270. The lowest BCUT2D eigenvalue weighted by molar-refractivity contribution is -0.276. The normalized spacial score (nSPS) is 40.8. The Morgan fingerprint density at radius 1 is 1.60 bits per heavy atom. The third kappa shape index (κ3) is 2.12. The van der Waals surface area contributed by atoms with Gasteiger partial charge in [0, 0.05) is 13.5 Å². The molecule has 0 bridgehead atoms. The summed E-state index contributed by atoms with van der Waals surface area (Å²) < 4.78 is 20.8. The van der Waals surface area contributed by atoms with Crippen molar-refractivity contribution in [3.63, 3.8) is 0 Å². The molecule has 0 aliphatic carbocycles. The van der Waals surface area contributed by atoms with Crippen LogP contribution in [0.4, 0.5) is 0 Å². The summed E-state index contributed by atoms with van der Waals surface area (Å²) in [7, 11) is 1.52.